The van der Waals surface area contributed by atoms with Crippen molar-refractivity contribution in [3.8, 4) is 0 Å². The quantitative estimate of drug-likeness (QED) is 0.330. The van der Waals surface area contributed by atoms with Gasteiger partial charge in [-0.05, 0) is 0 Å². The third kappa shape index (κ3) is 0.847. The summed E-state index contributed by atoms with van der Waals surface area (Å²) in [4.78, 5) is 0. The molecule has 7 heavy (non-hydrogen) atoms. The van der Waals surface area contributed by atoms with Crippen molar-refractivity contribution < 1.29 is 0 Å². The average Bonchev–Trinajstić information content (AvgIpc) is 2.14. The molecule has 0 saturated heterocycles. The highest BCUT2D eigenvalue weighted by molar-refractivity contribution is 4.49. The number of nitrogens with zero attached hydrogens (tertiary/aromatic N) is 3. The number of nitrogens with one attached hydrogen (secondary N) is 1. The van der Waals surface area contributed by atoms with Crippen LogP contribution in [0.15, 0.2) is 10.3 Å². The second kappa shape index (κ2) is 1.85. The minimum absolute atomic E-state index is 0.740. The number of rotatable bonds is 1. The Balaban J connectivity index is 2.28. The normalized spacial score (nSPS) is 18.7. The molecule has 3 N–H and O–H groups in total. The number of hydrogen-bond donors (Lipinski definition) is 2. The first-order chi connectivity index (χ1) is 3.43. The van der Waals surface area contributed by atoms with Crippen LogP contribution in [-0.2, 0) is 0 Å². The fourth-order valence-corrected chi connectivity index (χ4v) is 0.396. The lowest BCUT2D eigenvalue weighted by molar-refractivity contribution is 0.222. The van der Waals surface area contributed by atoms with E-state index in [1.165, 1.54) is 5.12 Å². The maximum absolute atomic E-state index is 4.96. The van der Waals surface area contributed by atoms with Crippen LogP contribution in [0.4, 0.5) is 0 Å². The van der Waals surface area contributed by atoms with Crippen LogP contribution in [0.5, 0.6) is 0 Å². The van der Waals surface area contributed by atoms with Gasteiger partial charge >= 0.3 is 0 Å². The monoisotopic (exact) mass is 101 g/mol. The fourth-order valence-electron chi connectivity index (χ4n) is 0.396. The van der Waals surface area contributed by atoms with Gasteiger partial charge in [0.15, 0.2) is 0 Å². The van der Waals surface area contributed by atoms with E-state index in [2.05, 4.69) is 15.9 Å². The Hall–Kier alpha value is -0.680. The smallest absolute Gasteiger partial charge is 0.0830 e. The highest BCUT2D eigenvalue weighted by Crippen LogP contribution is 1.91. The first kappa shape index (κ1) is 4.48. The second-order valence-corrected chi connectivity index (χ2v) is 1.21. The maximum atomic E-state index is 4.96. The zero-order chi connectivity index (χ0) is 5.11. The van der Waals surface area contributed by atoms with Crippen molar-refractivity contribution in [2.75, 3.05) is 13.1 Å². The van der Waals surface area contributed by atoms with Gasteiger partial charge < -0.3 is 0 Å². The van der Waals surface area contributed by atoms with Gasteiger partial charge in [0, 0.05) is 0 Å². The number of hydrogen-bond acceptors (Lipinski definition) is 5. The van der Waals surface area contributed by atoms with Gasteiger partial charge in [-0.2, -0.15) is 15.8 Å². The molecule has 0 saturated carbocycles. The van der Waals surface area contributed by atoms with E-state index >= 15 is 0 Å². The molecule has 0 aliphatic carbocycles. The Kier molecular flexibility index (Phi) is 1.19. The van der Waals surface area contributed by atoms with Crippen molar-refractivity contribution in [2.45, 2.75) is 0 Å². The molecule has 0 aromatic heterocycles. The molecular formula is C2H7N5. The topological polar surface area (TPSA) is 66.0 Å². The Morgan fingerprint density at radius 3 is 2.86 bits per heavy atom. The average molecular weight is 101 g/mol. The van der Waals surface area contributed by atoms with Gasteiger partial charge in [0.05, 0.1) is 13.1 Å². The Morgan fingerprint density at radius 1 is 1.71 bits per heavy atom. The zero-order valence-corrected chi connectivity index (χ0v) is 3.83. The van der Waals surface area contributed by atoms with E-state index in [1.54, 1.807) is 0 Å². The van der Waals surface area contributed by atoms with Crippen LogP contribution in [0.2, 0.25) is 0 Å². The maximum Gasteiger partial charge on any atom is 0.0830 e. The van der Waals surface area contributed by atoms with Gasteiger partial charge in [-0.1, -0.05) is 5.22 Å². The summed E-state index contributed by atoms with van der Waals surface area (Å²) in [6, 6.07) is 0. The van der Waals surface area contributed by atoms with Crippen molar-refractivity contribution in [2.24, 2.45) is 16.2 Å². The summed E-state index contributed by atoms with van der Waals surface area (Å²) in [5.74, 6) is 4.96. The van der Waals surface area contributed by atoms with Crippen LogP contribution < -0.4 is 11.4 Å². The summed E-state index contributed by atoms with van der Waals surface area (Å²) in [5.41, 5.74) is 2.34. The first-order valence-corrected chi connectivity index (χ1v) is 2.04. The zero-order valence-electron chi connectivity index (χ0n) is 3.83. The molecule has 1 rings (SSSR count). The third-order valence-corrected chi connectivity index (χ3v) is 0.732. The lowest BCUT2D eigenvalue weighted by atomic mass is 10.7. The molecule has 0 aromatic carbocycles. The molecule has 40 valence electrons. The van der Waals surface area contributed by atoms with Gasteiger partial charge in [0.25, 0.3) is 0 Å². The molecule has 1 aliphatic heterocycles. The number of nitrogens with two attached hydrogens (primary N) is 1. The molecule has 0 radical (unpaired) electrons. The van der Waals surface area contributed by atoms with Crippen LogP contribution in [0.3, 0.4) is 0 Å². The summed E-state index contributed by atoms with van der Waals surface area (Å²) < 4.78 is 0. The van der Waals surface area contributed by atoms with Crippen molar-refractivity contribution >= 4 is 0 Å². The Morgan fingerprint density at radius 2 is 2.57 bits per heavy atom. The minimum Gasteiger partial charge on any atom is -0.252 e. The van der Waals surface area contributed by atoms with E-state index in [9.17, 15) is 0 Å². The summed E-state index contributed by atoms with van der Waals surface area (Å²) in [6.07, 6.45) is 0. The summed E-state index contributed by atoms with van der Waals surface area (Å²) in [5, 5.41) is 8.69. The van der Waals surface area contributed by atoms with Gasteiger partial charge in [-0.3, -0.25) is 5.84 Å². The van der Waals surface area contributed by atoms with Crippen molar-refractivity contribution in [1.82, 2.24) is 10.7 Å². The van der Waals surface area contributed by atoms with Crippen LogP contribution >= 0.6 is 0 Å². The predicted octanol–water partition coefficient (Wildman–Crippen LogP) is -0.952. The Bertz CT molecular complexity index is 78.1. The summed E-state index contributed by atoms with van der Waals surface area (Å²) >= 11 is 0. The van der Waals surface area contributed by atoms with E-state index in [0.717, 1.165) is 13.1 Å². The summed E-state index contributed by atoms with van der Waals surface area (Å²) in [7, 11) is 0. The predicted molar refractivity (Wildman–Crippen MR) is 23.8 cm³/mol. The van der Waals surface area contributed by atoms with E-state index in [0.29, 0.717) is 0 Å². The van der Waals surface area contributed by atoms with E-state index in [4.69, 9.17) is 5.84 Å². The van der Waals surface area contributed by atoms with Gasteiger partial charge in [0.1, 0.15) is 0 Å². The van der Waals surface area contributed by atoms with Gasteiger partial charge in [0.2, 0.25) is 0 Å². The fraction of sp³-hybridized carbons (Fsp3) is 1.00. The van der Waals surface area contributed by atoms with E-state index < -0.39 is 0 Å². The van der Waals surface area contributed by atoms with Crippen molar-refractivity contribution in [3.05, 3.63) is 0 Å². The molecule has 5 nitrogen and oxygen atoms in total. The molecule has 0 aromatic rings. The molecule has 0 atom stereocenters. The van der Waals surface area contributed by atoms with Gasteiger partial charge in [-0.25, -0.2) is 0 Å². The largest absolute Gasteiger partial charge is 0.252 e. The highest BCUT2D eigenvalue weighted by Gasteiger charge is 2.01. The lowest BCUT2D eigenvalue weighted by Gasteiger charge is -2.05. The highest BCUT2D eigenvalue weighted by atomic mass is 15.8. The number of hydrazine groups is 2. The first-order valence-electron chi connectivity index (χ1n) is 2.04. The summed E-state index contributed by atoms with van der Waals surface area (Å²) in [6.45, 7) is 1.51. The molecule has 1 heterocycles. The van der Waals surface area contributed by atoms with E-state index in [1.807, 2.05) is 0 Å². The third-order valence-electron chi connectivity index (χ3n) is 0.732. The second-order valence-electron chi connectivity index (χ2n) is 1.21. The lowest BCUT2D eigenvalue weighted by Crippen LogP contribution is -2.37. The standard InChI is InChI=1S/C2H7N5/c3-5-7-2-1-4-6-7/h5H,1-3H2. The molecule has 0 unspecified atom stereocenters. The molecule has 0 bridgehead atoms. The molecule has 0 fully saturated rings. The van der Waals surface area contributed by atoms with Crippen LogP contribution in [0.25, 0.3) is 0 Å². The molecule has 1 aliphatic rings. The molecule has 5 heteroatoms. The Labute approximate surface area is 41.1 Å². The SMILES string of the molecule is NNN1CCN=N1. The van der Waals surface area contributed by atoms with Crippen LogP contribution in [0, 0.1) is 0 Å². The molecule has 0 spiro atoms. The van der Waals surface area contributed by atoms with Crippen LogP contribution in [-0.4, -0.2) is 18.2 Å². The molecular weight excluding hydrogens is 94.1 g/mol. The van der Waals surface area contributed by atoms with Gasteiger partial charge in [-0.15, -0.1) is 0 Å². The minimum atomic E-state index is 0.740. The van der Waals surface area contributed by atoms with E-state index in [-0.39, 0.29) is 0 Å². The van der Waals surface area contributed by atoms with Crippen molar-refractivity contribution in [3.63, 3.8) is 0 Å². The van der Waals surface area contributed by atoms with Crippen LogP contribution in [0.1, 0.15) is 0 Å². The van der Waals surface area contributed by atoms with Crippen molar-refractivity contribution in [1.29, 1.82) is 0 Å². The molecule has 0 amide bonds.